The number of ether oxygens (including phenoxy) is 1. The van der Waals surface area contributed by atoms with Crippen molar-refractivity contribution in [3.8, 4) is 0 Å². The van der Waals surface area contributed by atoms with Gasteiger partial charge >= 0.3 is 6.09 Å². The van der Waals surface area contributed by atoms with E-state index in [0.29, 0.717) is 48.4 Å². The third-order valence-electron chi connectivity index (χ3n) is 7.25. The van der Waals surface area contributed by atoms with E-state index in [9.17, 15) is 14.4 Å². The normalized spacial score (nSPS) is 12.4. The van der Waals surface area contributed by atoms with Crippen molar-refractivity contribution in [3.63, 3.8) is 0 Å². The number of nitrogens with zero attached hydrogens (tertiary/aromatic N) is 4. The van der Waals surface area contributed by atoms with Crippen LogP contribution >= 0.6 is 0 Å². The number of aryl methyl sites for hydroxylation is 1. The van der Waals surface area contributed by atoms with Gasteiger partial charge in [0, 0.05) is 18.7 Å². The minimum Gasteiger partial charge on any atom is -0.444 e. The van der Waals surface area contributed by atoms with Crippen molar-refractivity contribution in [2.75, 3.05) is 13.1 Å². The molecule has 2 amide bonds. The third kappa shape index (κ3) is 7.72. The Morgan fingerprint density at radius 2 is 1.75 bits per heavy atom. The first-order valence-electron chi connectivity index (χ1n) is 15.2. The summed E-state index contributed by atoms with van der Waals surface area (Å²) in [6.07, 6.45) is 0.420. The van der Waals surface area contributed by atoms with E-state index in [-0.39, 0.29) is 29.6 Å². The van der Waals surface area contributed by atoms with Crippen LogP contribution in [0.15, 0.2) is 63.9 Å². The number of benzene rings is 2. The summed E-state index contributed by atoms with van der Waals surface area (Å²) in [6, 6.07) is 16.5. The van der Waals surface area contributed by atoms with Crippen LogP contribution in [0.4, 0.5) is 4.79 Å². The molecule has 1 N–H and O–H groups in total. The van der Waals surface area contributed by atoms with Gasteiger partial charge < -0.3 is 19.5 Å². The van der Waals surface area contributed by atoms with Crippen LogP contribution < -0.4 is 10.9 Å². The number of rotatable bonds is 11. The van der Waals surface area contributed by atoms with Crippen molar-refractivity contribution in [2.45, 2.75) is 85.4 Å². The van der Waals surface area contributed by atoms with Crippen LogP contribution in [0.5, 0.6) is 0 Å². The largest absolute Gasteiger partial charge is 0.444 e. The number of carbonyl (C=O) groups is 2. The zero-order chi connectivity index (χ0) is 32.0. The number of alkyl carbamates (subject to hydrolysis) is 1. The molecule has 4 aromatic rings. The second-order valence-corrected chi connectivity index (χ2v) is 12.3. The average Bonchev–Trinajstić information content (AvgIpc) is 3.41. The second kappa shape index (κ2) is 13.9. The Morgan fingerprint density at radius 1 is 1.07 bits per heavy atom. The van der Waals surface area contributed by atoms with Crippen LogP contribution in [0.3, 0.4) is 0 Å². The summed E-state index contributed by atoms with van der Waals surface area (Å²) in [5.74, 6) is 0.178. The molecule has 44 heavy (non-hydrogen) atoms. The van der Waals surface area contributed by atoms with E-state index in [4.69, 9.17) is 14.2 Å². The summed E-state index contributed by atoms with van der Waals surface area (Å²) < 4.78 is 12.6. The standard InChI is InChI=1S/C34H43N5O5/c1-8-26(38(31(40)25-17-15-23(4)16-18-25)20-12-19-35-33(42)43-34(5,6)7)29-36-30-27(28(22(2)3)37-44-30)32(41)39(29)21-24-13-10-9-11-14-24/h9-11,13-18,22,26H,8,12,19-21H2,1-7H3,(H,35,42). The molecule has 0 radical (unpaired) electrons. The maximum absolute atomic E-state index is 14.2. The lowest BCUT2D eigenvalue weighted by Gasteiger charge is -2.32. The summed E-state index contributed by atoms with van der Waals surface area (Å²) in [5.41, 5.74) is 2.32. The molecule has 0 fully saturated rings. The average molecular weight is 602 g/mol. The fraction of sp³-hybridized carbons (Fsp3) is 0.441. The molecule has 10 nitrogen and oxygen atoms in total. The molecule has 234 valence electrons. The molecular formula is C34H43N5O5. The van der Waals surface area contributed by atoms with Crippen molar-refractivity contribution in [1.82, 2.24) is 24.9 Å². The van der Waals surface area contributed by atoms with Crippen LogP contribution in [0.1, 0.15) is 99.3 Å². The molecule has 0 spiro atoms. The molecule has 0 aliphatic rings. The minimum absolute atomic E-state index is 0.0409. The Hall–Kier alpha value is -4.47. The lowest BCUT2D eigenvalue weighted by Crippen LogP contribution is -2.41. The van der Waals surface area contributed by atoms with E-state index in [1.54, 1.807) is 42.4 Å². The lowest BCUT2D eigenvalue weighted by atomic mass is 10.1. The van der Waals surface area contributed by atoms with Crippen molar-refractivity contribution in [3.05, 3.63) is 93.2 Å². The van der Waals surface area contributed by atoms with Crippen LogP contribution in [0.2, 0.25) is 0 Å². The first-order valence-corrected chi connectivity index (χ1v) is 15.2. The maximum Gasteiger partial charge on any atom is 0.407 e. The third-order valence-corrected chi connectivity index (χ3v) is 7.25. The molecule has 0 aliphatic carbocycles. The molecular weight excluding hydrogens is 558 g/mol. The van der Waals surface area contributed by atoms with Gasteiger partial charge in [-0.15, -0.1) is 0 Å². The molecule has 4 rings (SSSR count). The molecule has 0 bridgehead atoms. The quantitative estimate of drug-likeness (QED) is 0.198. The predicted molar refractivity (Wildman–Crippen MR) is 170 cm³/mol. The molecule has 2 heterocycles. The van der Waals surface area contributed by atoms with Gasteiger partial charge in [-0.05, 0) is 64.2 Å². The number of hydrogen-bond acceptors (Lipinski definition) is 7. The number of aromatic nitrogens is 3. The molecule has 1 unspecified atom stereocenters. The summed E-state index contributed by atoms with van der Waals surface area (Å²) in [6.45, 7) is 14.1. The molecule has 2 aromatic carbocycles. The van der Waals surface area contributed by atoms with E-state index >= 15 is 0 Å². The van der Waals surface area contributed by atoms with Gasteiger partial charge in [-0.25, -0.2) is 4.79 Å². The van der Waals surface area contributed by atoms with Crippen LogP contribution in [-0.4, -0.2) is 50.3 Å². The Bertz CT molecular complexity index is 1640. The SMILES string of the molecule is CCC(c1nc2onc(C(C)C)c2c(=O)n1Cc1ccccc1)N(CCCNC(=O)OC(C)(C)C)C(=O)c1ccc(C)cc1. The van der Waals surface area contributed by atoms with E-state index in [1.807, 2.05) is 70.2 Å². The number of fused-ring (bicyclic) bond motifs is 1. The molecule has 10 heteroatoms. The van der Waals surface area contributed by atoms with Gasteiger partial charge in [-0.3, -0.25) is 14.2 Å². The van der Waals surface area contributed by atoms with Crippen LogP contribution in [-0.2, 0) is 11.3 Å². The predicted octanol–water partition coefficient (Wildman–Crippen LogP) is 6.37. The zero-order valence-corrected chi connectivity index (χ0v) is 26.7. The van der Waals surface area contributed by atoms with Crippen molar-refractivity contribution in [1.29, 1.82) is 0 Å². The second-order valence-electron chi connectivity index (χ2n) is 12.3. The van der Waals surface area contributed by atoms with Crippen molar-refractivity contribution < 1.29 is 18.8 Å². The Balaban J connectivity index is 1.77. The number of nitrogens with one attached hydrogen (secondary N) is 1. The fourth-order valence-electron chi connectivity index (χ4n) is 5.10. The van der Waals surface area contributed by atoms with Gasteiger partial charge in [0.15, 0.2) is 0 Å². The monoisotopic (exact) mass is 601 g/mol. The van der Waals surface area contributed by atoms with Crippen LogP contribution in [0, 0.1) is 6.92 Å². The minimum atomic E-state index is -0.617. The Kier molecular flexibility index (Phi) is 10.2. The van der Waals surface area contributed by atoms with E-state index in [1.165, 1.54) is 0 Å². The number of amides is 2. The highest BCUT2D eigenvalue weighted by Gasteiger charge is 2.31. The van der Waals surface area contributed by atoms with Crippen LogP contribution in [0.25, 0.3) is 11.1 Å². The zero-order valence-electron chi connectivity index (χ0n) is 26.7. The Labute approximate surface area is 258 Å². The first kappa shape index (κ1) is 32.4. The molecule has 0 saturated heterocycles. The molecule has 0 aliphatic heterocycles. The number of carbonyl (C=O) groups excluding carboxylic acids is 2. The summed E-state index contributed by atoms with van der Waals surface area (Å²) in [5, 5.41) is 7.31. The van der Waals surface area contributed by atoms with Gasteiger partial charge in [-0.2, -0.15) is 4.98 Å². The van der Waals surface area contributed by atoms with Gasteiger partial charge in [0.25, 0.3) is 17.2 Å². The van der Waals surface area contributed by atoms with E-state index in [0.717, 1.165) is 11.1 Å². The van der Waals surface area contributed by atoms with Crippen molar-refractivity contribution in [2.24, 2.45) is 0 Å². The smallest absolute Gasteiger partial charge is 0.407 e. The van der Waals surface area contributed by atoms with Crippen molar-refractivity contribution >= 4 is 23.1 Å². The lowest BCUT2D eigenvalue weighted by molar-refractivity contribution is 0.0523. The number of hydrogen-bond donors (Lipinski definition) is 1. The van der Waals surface area contributed by atoms with E-state index in [2.05, 4.69) is 10.5 Å². The molecule has 1 atom stereocenters. The highest BCUT2D eigenvalue weighted by molar-refractivity contribution is 5.94. The maximum atomic E-state index is 14.2. The summed E-state index contributed by atoms with van der Waals surface area (Å²) in [4.78, 5) is 47.1. The highest BCUT2D eigenvalue weighted by atomic mass is 16.6. The van der Waals surface area contributed by atoms with Gasteiger partial charge in [-0.1, -0.05) is 74.0 Å². The topological polar surface area (TPSA) is 120 Å². The first-order chi connectivity index (χ1) is 20.9. The van der Waals surface area contributed by atoms with E-state index < -0.39 is 17.7 Å². The van der Waals surface area contributed by atoms with Gasteiger partial charge in [0.1, 0.15) is 22.5 Å². The Morgan fingerprint density at radius 3 is 2.36 bits per heavy atom. The summed E-state index contributed by atoms with van der Waals surface area (Å²) >= 11 is 0. The van der Waals surface area contributed by atoms with Gasteiger partial charge in [0.2, 0.25) is 0 Å². The molecule has 0 saturated carbocycles. The highest BCUT2D eigenvalue weighted by Crippen LogP contribution is 2.28. The molecule has 2 aromatic heterocycles. The van der Waals surface area contributed by atoms with Gasteiger partial charge in [0.05, 0.1) is 12.6 Å². The summed E-state index contributed by atoms with van der Waals surface area (Å²) in [7, 11) is 0. The fourth-order valence-corrected chi connectivity index (χ4v) is 5.10.